The van der Waals surface area contributed by atoms with Crippen LogP contribution < -0.4 is 10.6 Å². The minimum absolute atomic E-state index is 0.0949. The smallest absolute Gasteiger partial charge is 0.191 e. The quantitative estimate of drug-likeness (QED) is 0.342. The molecular formula is C22H32N4O. The molecule has 2 rings (SSSR count). The molecule has 146 valence electrons. The van der Waals surface area contributed by atoms with Gasteiger partial charge < -0.3 is 15.7 Å². The Bertz CT molecular complexity index is 670. The van der Waals surface area contributed by atoms with Crippen molar-refractivity contribution in [1.82, 2.24) is 15.6 Å². The van der Waals surface area contributed by atoms with E-state index in [0.29, 0.717) is 13.1 Å². The highest BCUT2D eigenvalue weighted by Crippen LogP contribution is 2.06. The van der Waals surface area contributed by atoms with Gasteiger partial charge in [0.15, 0.2) is 5.96 Å². The molecule has 27 heavy (non-hydrogen) atoms. The number of aliphatic hydroxyl groups is 1. The summed E-state index contributed by atoms with van der Waals surface area (Å²) in [6.07, 6.45) is 4.77. The summed E-state index contributed by atoms with van der Waals surface area (Å²) in [6.45, 7) is 6.55. The van der Waals surface area contributed by atoms with Crippen molar-refractivity contribution in [1.29, 1.82) is 0 Å². The molecule has 1 atom stereocenters. The van der Waals surface area contributed by atoms with Crippen LogP contribution in [0, 0.1) is 12.8 Å². The third-order valence-electron chi connectivity index (χ3n) is 4.40. The van der Waals surface area contributed by atoms with Gasteiger partial charge in [0, 0.05) is 37.5 Å². The Morgan fingerprint density at radius 2 is 1.96 bits per heavy atom. The lowest BCUT2D eigenvalue weighted by atomic mass is 10.0. The highest BCUT2D eigenvalue weighted by Gasteiger charge is 2.10. The van der Waals surface area contributed by atoms with Crippen LogP contribution in [0.3, 0.4) is 0 Å². The summed E-state index contributed by atoms with van der Waals surface area (Å²) in [5.74, 6) is 0.890. The second-order valence-corrected chi connectivity index (χ2v) is 6.89. The molecule has 5 heteroatoms. The monoisotopic (exact) mass is 368 g/mol. The number of aliphatic imine (C=N–C) groups is 1. The van der Waals surface area contributed by atoms with E-state index < -0.39 is 0 Å². The SMILES string of the molecule is CCCCNC(=NCc1ccc(C)cc1)NCC(CO)Cc1ccccn1. The summed E-state index contributed by atoms with van der Waals surface area (Å²) >= 11 is 0. The van der Waals surface area contributed by atoms with Crippen molar-refractivity contribution in [3.05, 3.63) is 65.5 Å². The molecule has 0 bridgehead atoms. The van der Waals surface area contributed by atoms with Crippen molar-refractivity contribution >= 4 is 5.96 Å². The van der Waals surface area contributed by atoms with Gasteiger partial charge in [-0.25, -0.2) is 4.99 Å². The molecule has 0 saturated heterocycles. The van der Waals surface area contributed by atoms with Gasteiger partial charge in [-0.3, -0.25) is 4.98 Å². The predicted molar refractivity (Wildman–Crippen MR) is 112 cm³/mol. The summed E-state index contributed by atoms with van der Waals surface area (Å²) in [7, 11) is 0. The van der Waals surface area contributed by atoms with Gasteiger partial charge in [-0.2, -0.15) is 0 Å². The molecule has 3 N–H and O–H groups in total. The van der Waals surface area contributed by atoms with Gasteiger partial charge in [0.25, 0.3) is 0 Å². The normalized spacial score (nSPS) is 12.6. The summed E-state index contributed by atoms with van der Waals surface area (Å²) in [5, 5.41) is 16.5. The van der Waals surface area contributed by atoms with Gasteiger partial charge >= 0.3 is 0 Å². The maximum Gasteiger partial charge on any atom is 0.191 e. The average molecular weight is 369 g/mol. The zero-order valence-electron chi connectivity index (χ0n) is 16.5. The van der Waals surface area contributed by atoms with Gasteiger partial charge in [-0.05, 0) is 37.5 Å². The lowest BCUT2D eigenvalue weighted by Crippen LogP contribution is -2.41. The van der Waals surface area contributed by atoms with Crippen LogP contribution in [0.4, 0.5) is 0 Å². The second kappa shape index (κ2) is 12.1. The first-order chi connectivity index (χ1) is 13.2. The predicted octanol–water partition coefficient (Wildman–Crippen LogP) is 3.08. The van der Waals surface area contributed by atoms with E-state index in [1.165, 1.54) is 11.1 Å². The second-order valence-electron chi connectivity index (χ2n) is 6.89. The lowest BCUT2D eigenvalue weighted by molar-refractivity contribution is 0.225. The van der Waals surface area contributed by atoms with Crippen molar-refractivity contribution in [2.45, 2.75) is 39.7 Å². The van der Waals surface area contributed by atoms with E-state index in [2.05, 4.69) is 53.7 Å². The Labute approximate surface area is 163 Å². The molecule has 0 saturated carbocycles. The van der Waals surface area contributed by atoms with Crippen LogP contribution >= 0.6 is 0 Å². The minimum atomic E-state index is 0.0949. The van der Waals surface area contributed by atoms with Crippen molar-refractivity contribution in [3.63, 3.8) is 0 Å². The number of unbranched alkanes of at least 4 members (excludes halogenated alkanes) is 1. The molecule has 5 nitrogen and oxygen atoms in total. The molecule has 0 fully saturated rings. The molecule has 2 aromatic rings. The number of pyridine rings is 1. The fourth-order valence-electron chi connectivity index (χ4n) is 2.68. The maximum absolute atomic E-state index is 9.72. The van der Waals surface area contributed by atoms with E-state index in [4.69, 9.17) is 4.99 Å². The van der Waals surface area contributed by atoms with E-state index in [9.17, 15) is 5.11 Å². The standard InChI is InChI=1S/C22H32N4O/c1-3-4-12-24-22(25-15-19-10-8-18(2)9-11-19)26-16-20(17-27)14-21-7-5-6-13-23-21/h5-11,13,20,27H,3-4,12,14-17H2,1-2H3,(H2,24,25,26). The average Bonchev–Trinajstić information content (AvgIpc) is 2.70. The van der Waals surface area contributed by atoms with Crippen LogP contribution in [-0.4, -0.2) is 35.7 Å². The van der Waals surface area contributed by atoms with Crippen molar-refractivity contribution in [2.75, 3.05) is 19.7 Å². The van der Waals surface area contributed by atoms with Gasteiger partial charge in [0.05, 0.1) is 6.54 Å². The largest absolute Gasteiger partial charge is 0.396 e. The number of aromatic nitrogens is 1. The Balaban J connectivity index is 1.93. The maximum atomic E-state index is 9.72. The van der Waals surface area contributed by atoms with Crippen molar-refractivity contribution in [2.24, 2.45) is 10.9 Å². The lowest BCUT2D eigenvalue weighted by Gasteiger charge is -2.18. The summed E-state index contributed by atoms with van der Waals surface area (Å²) in [5.41, 5.74) is 3.43. The van der Waals surface area contributed by atoms with Gasteiger partial charge in [-0.1, -0.05) is 49.2 Å². The van der Waals surface area contributed by atoms with Crippen LogP contribution in [0.5, 0.6) is 0 Å². The van der Waals surface area contributed by atoms with E-state index in [1.54, 1.807) is 6.20 Å². The van der Waals surface area contributed by atoms with E-state index in [1.807, 2.05) is 18.2 Å². The summed E-state index contributed by atoms with van der Waals surface area (Å²) in [6, 6.07) is 14.3. The van der Waals surface area contributed by atoms with Crippen LogP contribution in [0.1, 0.15) is 36.6 Å². The van der Waals surface area contributed by atoms with Crippen LogP contribution in [-0.2, 0) is 13.0 Å². The molecule has 0 radical (unpaired) electrons. The molecule has 1 aromatic heterocycles. The third-order valence-corrected chi connectivity index (χ3v) is 4.40. The Morgan fingerprint density at radius 3 is 2.63 bits per heavy atom. The molecule has 0 amide bonds. The zero-order valence-corrected chi connectivity index (χ0v) is 16.5. The highest BCUT2D eigenvalue weighted by molar-refractivity contribution is 5.79. The number of guanidine groups is 1. The number of nitrogens with one attached hydrogen (secondary N) is 2. The summed E-state index contributed by atoms with van der Waals surface area (Å²) < 4.78 is 0. The number of hydrogen-bond acceptors (Lipinski definition) is 3. The molecule has 1 unspecified atom stereocenters. The third kappa shape index (κ3) is 8.22. The minimum Gasteiger partial charge on any atom is -0.396 e. The Morgan fingerprint density at radius 1 is 1.15 bits per heavy atom. The van der Waals surface area contributed by atoms with Crippen LogP contribution in [0.2, 0.25) is 0 Å². The first-order valence-electron chi connectivity index (χ1n) is 9.79. The Hall–Kier alpha value is -2.40. The van der Waals surface area contributed by atoms with Gasteiger partial charge in [0.1, 0.15) is 0 Å². The number of hydrogen-bond donors (Lipinski definition) is 3. The van der Waals surface area contributed by atoms with E-state index >= 15 is 0 Å². The first kappa shape index (κ1) is 20.9. The number of aliphatic hydroxyl groups excluding tert-OH is 1. The fourth-order valence-corrected chi connectivity index (χ4v) is 2.68. The first-order valence-corrected chi connectivity index (χ1v) is 9.79. The molecule has 0 aliphatic rings. The van der Waals surface area contributed by atoms with E-state index in [0.717, 1.165) is 37.5 Å². The van der Waals surface area contributed by atoms with Crippen LogP contribution in [0.25, 0.3) is 0 Å². The number of rotatable bonds is 10. The summed E-state index contributed by atoms with van der Waals surface area (Å²) in [4.78, 5) is 9.06. The highest BCUT2D eigenvalue weighted by atomic mass is 16.3. The van der Waals surface area contributed by atoms with Gasteiger partial charge in [0.2, 0.25) is 0 Å². The molecule has 0 aliphatic carbocycles. The number of benzene rings is 1. The van der Waals surface area contributed by atoms with E-state index in [-0.39, 0.29) is 12.5 Å². The molecule has 1 heterocycles. The number of nitrogens with zero attached hydrogens (tertiary/aromatic N) is 2. The topological polar surface area (TPSA) is 69.5 Å². The van der Waals surface area contributed by atoms with Crippen molar-refractivity contribution < 1.29 is 5.11 Å². The van der Waals surface area contributed by atoms with Crippen LogP contribution in [0.15, 0.2) is 53.7 Å². The molecule has 1 aromatic carbocycles. The molecule has 0 aliphatic heterocycles. The number of aryl methyl sites for hydroxylation is 1. The molecule has 0 spiro atoms. The fraction of sp³-hybridized carbons (Fsp3) is 0.455. The van der Waals surface area contributed by atoms with Crippen molar-refractivity contribution in [3.8, 4) is 0 Å². The Kier molecular flexibility index (Phi) is 9.35. The molecular weight excluding hydrogens is 336 g/mol. The zero-order chi connectivity index (χ0) is 19.3. The van der Waals surface area contributed by atoms with Gasteiger partial charge in [-0.15, -0.1) is 0 Å².